The molecule has 4 rings (SSSR count). The molecule has 2 fully saturated rings. The normalized spacial score (nSPS) is 24.3. The van der Waals surface area contributed by atoms with Gasteiger partial charge in [0.1, 0.15) is 0 Å². The first-order valence-corrected chi connectivity index (χ1v) is 9.24. The minimum Gasteiger partial charge on any atom is -0.339 e. The molecule has 1 aromatic heterocycles. The number of carbonyl (C=O) groups excluding carboxylic acids is 1. The van der Waals surface area contributed by atoms with Gasteiger partial charge in [0, 0.05) is 29.6 Å². The molecule has 2 aliphatic heterocycles. The molecule has 0 saturated carbocycles. The Morgan fingerprint density at radius 3 is 2.70 bits per heavy atom. The van der Waals surface area contributed by atoms with E-state index in [0.29, 0.717) is 0 Å². The molecule has 120 valence electrons. The Morgan fingerprint density at radius 1 is 1.22 bits per heavy atom. The van der Waals surface area contributed by atoms with Crippen LogP contribution in [0.5, 0.6) is 0 Å². The molecule has 0 aliphatic carbocycles. The standard InChI is InChI=1S/C18H21N3OS/c22-18(21-6-4-15-9-19-10-16(15)5-7-21)14-3-1-2-13(8-14)17-11-23-12-20-17/h1-3,8,11-12,15-16,19H,4-7,9-10H2/t15-,16+. The van der Waals surface area contributed by atoms with Crippen molar-refractivity contribution in [2.45, 2.75) is 12.8 Å². The van der Waals surface area contributed by atoms with Gasteiger partial charge in [0.05, 0.1) is 11.2 Å². The van der Waals surface area contributed by atoms with Crippen molar-refractivity contribution in [3.8, 4) is 11.3 Å². The number of amides is 1. The second-order valence-electron chi connectivity index (χ2n) is 6.50. The second-order valence-corrected chi connectivity index (χ2v) is 7.22. The summed E-state index contributed by atoms with van der Waals surface area (Å²) < 4.78 is 0. The summed E-state index contributed by atoms with van der Waals surface area (Å²) in [5.41, 5.74) is 4.57. The van der Waals surface area contributed by atoms with Crippen molar-refractivity contribution in [1.29, 1.82) is 0 Å². The Bertz CT molecular complexity index is 671. The first-order valence-electron chi connectivity index (χ1n) is 8.30. The maximum Gasteiger partial charge on any atom is 0.253 e. The van der Waals surface area contributed by atoms with Crippen LogP contribution in [0.15, 0.2) is 35.2 Å². The number of hydrogen-bond donors (Lipinski definition) is 1. The van der Waals surface area contributed by atoms with Crippen LogP contribution in [-0.2, 0) is 0 Å². The van der Waals surface area contributed by atoms with E-state index >= 15 is 0 Å². The summed E-state index contributed by atoms with van der Waals surface area (Å²) in [6.07, 6.45) is 2.24. The number of nitrogens with one attached hydrogen (secondary N) is 1. The summed E-state index contributed by atoms with van der Waals surface area (Å²) in [4.78, 5) is 19.3. The number of thiazole rings is 1. The quantitative estimate of drug-likeness (QED) is 0.922. The van der Waals surface area contributed by atoms with Gasteiger partial charge in [-0.3, -0.25) is 4.79 Å². The molecule has 1 amide bonds. The van der Waals surface area contributed by atoms with Crippen LogP contribution in [0, 0.1) is 11.8 Å². The molecule has 2 saturated heterocycles. The summed E-state index contributed by atoms with van der Waals surface area (Å²) in [5.74, 6) is 1.65. The molecule has 2 aliphatic rings. The lowest BCUT2D eigenvalue weighted by molar-refractivity contribution is 0.0758. The summed E-state index contributed by atoms with van der Waals surface area (Å²) in [6.45, 7) is 3.99. The van der Waals surface area contributed by atoms with Crippen LogP contribution in [0.3, 0.4) is 0 Å². The van der Waals surface area contributed by atoms with E-state index in [-0.39, 0.29) is 5.91 Å². The first kappa shape index (κ1) is 14.8. The molecule has 0 radical (unpaired) electrons. The molecule has 2 atom stereocenters. The average molecular weight is 327 g/mol. The molecule has 0 unspecified atom stereocenters. The Morgan fingerprint density at radius 2 is 2.00 bits per heavy atom. The van der Waals surface area contributed by atoms with Crippen LogP contribution in [0.1, 0.15) is 23.2 Å². The maximum absolute atomic E-state index is 12.9. The molecule has 1 N–H and O–H groups in total. The Kier molecular flexibility index (Phi) is 4.14. The van der Waals surface area contributed by atoms with Crippen molar-refractivity contribution in [3.63, 3.8) is 0 Å². The lowest BCUT2D eigenvalue weighted by Gasteiger charge is -2.21. The van der Waals surface area contributed by atoms with Gasteiger partial charge in [-0.1, -0.05) is 12.1 Å². The van der Waals surface area contributed by atoms with Gasteiger partial charge in [-0.15, -0.1) is 11.3 Å². The fraction of sp³-hybridized carbons (Fsp3) is 0.444. The molecule has 23 heavy (non-hydrogen) atoms. The zero-order valence-corrected chi connectivity index (χ0v) is 13.9. The average Bonchev–Trinajstić information content (AvgIpc) is 3.23. The zero-order chi connectivity index (χ0) is 15.6. The highest BCUT2D eigenvalue weighted by atomic mass is 32.1. The van der Waals surface area contributed by atoms with E-state index in [1.54, 1.807) is 11.3 Å². The van der Waals surface area contributed by atoms with Crippen molar-refractivity contribution >= 4 is 17.2 Å². The van der Waals surface area contributed by atoms with Crippen molar-refractivity contribution in [2.75, 3.05) is 26.2 Å². The highest BCUT2D eigenvalue weighted by molar-refractivity contribution is 7.07. The number of fused-ring (bicyclic) bond motifs is 1. The van der Waals surface area contributed by atoms with Crippen molar-refractivity contribution < 1.29 is 4.79 Å². The number of likely N-dealkylation sites (tertiary alicyclic amines) is 1. The van der Waals surface area contributed by atoms with Crippen LogP contribution < -0.4 is 5.32 Å². The minimum atomic E-state index is 0.162. The van der Waals surface area contributed by atoms with E-state index in [9.17, 15) is 4.79 Å². The number of carbonyl (C=O) groups is 1. The van der Waals surface area contributed by atoms with Gasteiger partial charge in [0.15, 0.2) is 0 Å². The number of rotatable bonds is 2. The summed E-state index contributed by atoms with van der Waals surface area (Å²) >= 11 is 1.58. The molecular weight excluding hydrogens is 306 g/mol. The highest BCUT2D eigenvalue weighted by Gasteiger charge is 2.31. The highest BCUT2D eigenvalue weighted by Crippen LogP contribution is 2.28. The van der Waals surface area contributed by atoms with Crippen LogP contribution in [0.25, 0.3) is 11.3 Å². The lowest BCUT2D eigenvalue weighted by atomic mass is 9.92. The Hall–Kier alpha value is -1.72. The maximum atomic E-state index is 12.9. The summed E-state index contributed by atoms with van der Waals surface area (Å²) in [7, 11) is 0. The molecule has 1 aromatic carbocycles. The third-order valence-electron chi connectivity index (χ3n) is 5.14. The van der Waals surface area contributed by atoms with Crippen molar-refractivity contribution in [2.24, 2.45) is 11.8 Å². The predicted molar refractivity (Wildman–Crippen MR) is 92.5 cm³/mol. The summed E-state index contributed by atoms with van der Waals surface area (Å²) in [5, 5.41) is 5.50. The van der Waals surface area contributed by atoms with Crippen LogP contribution in [0.2, 0.25) is 0 Å². The summed E-state index contributed by atoms with van der Waals surface area (Å²) in [6, 6.07) is 7.87. The van der Waals surface area contributed by atoms with Gasteiger partial charge in [-0.2, -0.15) is 0 Å². The smallest absolute Gasteiger partial charge is 0.253 e. The molecule has 3 heterocycles. The van der Waals surface area contributed by atoms with E-state index in [1.807, 2.05) is 40.1 Å². The fourth-order valence-corrected chi connectivity index (χ4v) is 4.33. The van der Waals surface area contributed by atoms with E-state index < -0.39 is 0 Å². The van der Waals surface area contributed by atoms with Gasteiger partial charge in [-0.05, 0) is 49.9 Å². The molecule has 5 heteroatoms. The van der Waals surface area contributed by atoms with Gasteiger partial charge in [0.25, 0.3) is 5.91 Å². The van der Waals surface area contributed by atoms with E-state index in [0.717, 1.165) is 67.7 Å². The van der Waals surface area contributed by atoms with Gasteiger partial charge < -0.3 is 10.2 Å². The lowest BCUT2D eigenvalue weighted by Crippen LogP contribution is -2.32. The van der Waals surface area contributed by atoms with E-state index in [2.05, 4.69) is 10.3 Å². The number of hydrogen-bond acceptors (Lipinski definition) is 4. The molecule has 0 spiro atoms. The predicted octanol–water partition coefficient (Wildman–Crippen LogP) is 2.88. The third-order valence-corrected chi connectivity index (χ3v) is 5.73. The van der Waals surface area contributed by atoms with Crippen LogP contribution in [0.4, 0.5) is 0 Å². The monoisotopic (exact) mass is 327 g/mol. The van der Waals surface area contributed by atoms with Gasteiger partial charge in [0.2, 0.25) is 0 Å². The minimum absolute atomic E-state index is 0.162. The van der Waals surface area contributed by atoms with E-state index in [1.165, 1.54) is 0 Å². The molecule has 2 aromatic rings. The van der Waals surface area contributed by atoms with Crippen LogP contribution in [-0.4, -0.2) is 42.0 Å². The van der Waals surface area contributed by atoms with Crippen LogP contribution >= 0.6 is 11.3 Å². The first-order chi connectivity index (χ1) is 11.3. The number of benzene rings is 1. The Labute approximate surface area is 140 Å². The Balaban J connectivity index is 1.51. The zero-order valence-electron chi connectivity index (χ0n) is 13.1. The van der Waals surface area contributed by atoms with Gasteiger partial charge in [-0.25, -0.2) is 4.98 Å². The number of nitrogens with zero attached hydrogens (tertiary/aromatic N) is 2. The fourth-order valence-electron chi connectivity index (χ4n) is 3.77. The second kappa shape index (κ2) is 6.42. The number of aromatic nitrogens is 1. The SMILES string of the molecule is O=C(c1cccc(-c2cscn2)c1)N1CC[C@@H]2CNC[C@@H]2CC1. The molecule has 0 bridgehead atoms. The van der Waals surface area contributed by atoms with Crippen molar-refractivity contribution in [1.82, 2.24) is 15.2 Å². The third kappa shape index (κ3) is 3.03. The molecule has 4 nitrogen and oxygen atoms in total. The largest absolute Gasteiger partial charge is 0.339 e. The molecular formula is C18H21N3OS. The van der Waals surface area contributed by atoms with Gasteiger partial charge >= 0.3 is 0 Å². The topological polar surface area (TPSA) is 45.2 Å². The van der Waals surface area contributed by atoms with E-state index in [4.69, 9.17) is 0 Å². The van der Waals surface area contributed by atoms with Crippen molar-refractivity contribution in [3.05, 3.63) is 40.7 Å².